The lowest BCUT2D eigenvalue weighted by atomic mass is 9.79. The lowest BCUT2D eigenvalue weighted by molar-refractivity contribution is -0.127. The average molecular weight is 406 g/mol. The molecule has 2 fully saturated rings. The van der Waals surface area contributed by atoms with Crippen LogP contribution in [0.4, 0.5) is 11.4 Å². The Morgan fingerprint density at radius 2 is 1.83 bits per heavy atom. The molecule has 1 heterocycles. The molecule has 1 saturated heterocycles. The van der Waals surface area contributed by atoms with Gasteiger partial charge in [-0.3, -0.25) is 4.79 Å². The number of fused-ring (bicyclic) bond motifs is 3. The second kappa shape index (κ2) is 7.53. The van der Waals surface area contributed by atoms with E-state index < -0.39 is 0 Å². The molecule has 2 atom stereocenters. The summed E-state index contributed by atoms with van der Waals surface area (Å²) in [5, 5.41) is 0. The maximum atomic E-state index is 12.3. The van der Waals surface area contributed by atoms with Gasteiger partial charge in [0.25, 0.3) is 0 Å². The van der Waals surface area contributed by atoms with Gasteiger partial charge in [0, 0.05) is 31.9 Å². The van der Waals surface area contributed by atoms with E-state index in [0.717, 1.165) is 64.0 Å². The molecule has 5 heteroatoms. The first kappa shape index (κ1) is 19.3. The Labute approximate surface area is 178 Å². The van der Waals surface area contributed by atoms with Crippen LogP contribution in [0.3, 0.4) is 0 Å². The van der Waals surface area contributed by atoms with Crippen LogP contribution in [0.2, 0.25) is 0 Å². The number of piperazine rings is 1. The van der Waals surface area contributed by atoms with E-state index >= 15 is 0 Å². The van der Waals surface area contributed by atoms with Crippen LogP contribution in [0.25, 0.3) is 0 Å². The van der Waals surface area contributed by atoms with Gasteiger partial charge in [0.05, 0.1) is 18.2 Å². The Hall–Kier alpha value is -2.69. The quantitative estimate of drug-likeness (QED) is 0.847. The van der Waals surface area contributed by atoms with Crippen molar-refractivity contribution in [2.24, 2.45) is 17.1 Å². The van der Waals surface area contributed by atoms with Crippen LogP contribution in [0.5, 0.6) is 5.75 Å². The number of hydrogen-bond acceptors (Lipinski definition) is 4. The number of anilines is 2. The summed E-state index contributed by atoms with van der Waals surface area (Å²) in [7, 11) is 1.73. The van der Waals surface area contributed by atoms with Crippen LogP contribution in [0, 0.1) is 11.3 Å². The number of carbonyl (C=O) groups is 1. The predicted octanol–water partition coefficient (Wildman–Crippen LogP) is 3.39. The highest BCUT2D eigenvalue weighted by atomic mass is 16.5. The van der Waals surface area contributed by atoms with Gasteiger partial charge in [-0.15, -0.1) is 0 Å². The number of carbonyl (C=O) groups excluding carboxylic acids is 1. The minimum atomic E-state index is -0.322. The number of primary amides is 1. The van der Waals surface area contributed by atoms with Crippen LogP contribution in [0.15, 0.2) is 42.5 Å². The number of ether oxygens (including phenoxy) is 1. The fourth-order valence-electron chi connectivity index (χ4n) is 5.83. The molecule has 0 spiro atoms. The molecule has 158 valence electrons. The molecule has 5 nitrogen and oxygen atoms in total. The monoisotopic (exact) mass is 405 g/mol. The minimum Gasteiger partial charge on any atom is -0.495 e. The number of nitrogens with zero attached hydrogens (tertiary/aromatic N) is 2. The van der Waals surface area contributed by atoms with Crippen molar-refractivity contribution in [3.63, 3.8) is 0 Å². The van der Waals surface area contributed by atoms with Gasteiger partial charge in [-0.05, 0) is 73.4 Å². The number of hydrogen-bond donors (Lipinski definition) is 1. The normalized spacial score (nSPS) is 25.6. The van der Waals surface area contributed by atoms with E-state index in [2.05, 4.69) is 40.1 Å². The van der Waals surface area contributed by atoms with Crippen molar-refractivity contribution < 1.29 is 9.53 Å². The Morgan fingerprint density at radius 1 is 1.07 bits per heavy atom. The van der Waals surface area contributed by atoms with Gasteiger partial charge >= 0.3 is 0 Å². The zero-order valence-electron chi connectivity index (χ0n) is 17.8. The Morgan fingerprint density at radius 3 is 2.60 bits per heavy atom. The summed E-state index contributed by atoms with van der Waals surface area (Å²) >= 11 is 0. The number of methoxy groups -OCH3 is 1. The maximum absolute atomic E-state index is 12.3. The molecular weight excluding hydrogens is 374 g/mol. The Kier molecular flexibility index (Phi) is 4.84. The molecule has 2 bridgehead atoms. The van der Waals surface area contributed by atoms with E-state index in [1.807, 2.05) is 12.1 Å². The number of rotatable bonds is 4. The van der Waals surface area contributed by atoms with Crippen molar-refractivity contribution in [1.29, 1.82) is 0 Å². The van der Waals surface area contributed by atoms with Gasteiger partial charge in [-0.2, -0.15) is 0 Å². The fourth-order valence-corrected chi connectivity index (χ4v) is 5.83. The first-order valence-corrected chi connectivity index (χ1v) is 11.1. The van der Waals surface area contributed by atoms with Gasteiger partial charge in [0.15, 0.2) is 0 Å². The second-order valence-electron chi connectivity index (χ2n) is 9.23. The smallest absolute Gasteiger partial charge is 0.223 e. The minimum absolute atomic E-state index is 0.103. The van der Waals surface area contributed by atoms with Crippen LogP contribution >= 0.6 is 0 Å². The van der Waals surface area contributed by atoms with Gasteiger partial charge in [0.1, 0.15) is 5.75 Å². The topological polar surface area (TPSA) is 58.8 Å². The Balaban J connectivity index is 1.34. The van der Waals surface area contributed by atoms with Gasteiger partial charge < -0.3 is 20.3 Å². The molecule has 30 heavy (non-hydrogen) atoms. The van der Waals surface area contributed by atoms with E-state index in [1.165, 1.54) is 22.5 Å². The fraction of sp³-hybridized carbons (Fsp3) is 0.480. The molecule has 2 N–H and O–H groups in total. The zero-order chi connectivity index (χ0) is 20.7. The highest BCUT2D eigenvalue weighted by Crippen LogP contribution is 2.49. The molecule has 5 rings (SSSR count). The SMILES string of the molecule is COc1ccccc1N1CCN(c2ccc3c(c2)CC2(C(N)=O)CCC(C3)C2)CC1. The molecular formula is C25H31N3O2. The van der Waals surface area contributed by atoms with Gasteiger partial charge in [-0.1, -0.05) is 18.2 Å². The van der Waals surface area contributed by atoms with Crippen LogP contribution in [0.1, 0.15) is 30.4 Å². The third-order valence-electron chi connectivity index (χ3n) is 7.53. The number of para-hydroxylation sites is 2. The second-order valence-corrected chi connectivity index (χ2v) is 9.23. The van der Waals surface area contributed by atoms with E-state index in [4.69, 9.17) is 10.5 Å². The largest absolute Gasteiger partial charge is 0.495 e. The van der Waals surface area contributed by atoms with E-state index in [-0.39, 0.29) is 11.3 Å². The van der Waals surface area contributed by atoms with Crippen LogP contribution < -0.4 is 20.3 Å². The highest BCUT2D eigenvalue weighted by molar-refractivity contribution is 5.82. The third kappa shape index (κ3) is 3.30. The van der Waals surface area contributed by atoms with Crippen molar-refractivity contribution in [3.05, 3.63) is 53.6 Å². The molecule has 0 aromatic heterocycles. The molecule has 1 amide bonds. The van der Waals surface area contributed by atoms with Crippen molar-refractivity contribution in [2.75, 3.05) is 43.1 Å². The maximum Gasteiger partial charge on any atom is 0.223 e. The molecule has 0 radical (unpaired) electrons. The summed E-state index contributed by atoms with van der Waals surface area (Å²) < 4.78 is 5.54. The molecule has 2 aromatic rings. The predicted molar refractivity (Wildman–Crippen MR) is 120 cm³/mol. The standard InChI is InChI=1S/C25H31N3O2/c1-30-23-5-3-2-4-22(23)28-12-10-27(11-13-28)21-7-6-19-14-18-8-9-25(16-18,24(26)29)17-20(19)15-21/h2-7,15,18H,8-14,16-17H2,1H3,(H2,26,29). The van der Waals surface area contributed by atoms with E-state index in [9.17, 15) is 4.79 Å². The first-order chi connectivity index (χ1) is 14.6. The van der Waals surface area contributed by atoms with Crippen molar-refractivity contribution in [2.45, 2.75) is 32.1 Å². The third-order valence-corrected chi connectivity index (χ3v) is 7.53. The lowest BCUT2D eigenvalue weighted by Crippen LogP contribution is -2.46. The van der Waals surface area contributed by atoms with E-state index in [1.54, 1.807) is 7.11 Å². The van der Waals surface area contributed by atoms with Gasteiger partial charge in [0.2, 0.25) is 5.91 Å². The summed E-state index contributed by atoms with van der Waals surface area (Å²) in [4.78, 5) is 17.2. The first-order valence-electron chi connectivity index (χ1n) is 11.1. The molecule has 3 aliphatic rings. The van der Waals surface area contributed by atoms with Crippen molar-refractivity contribution in [3.8, 4) is 5.75 Å². The average Bonchev–Trinajstić information content (AvgIpc) is 3.10. The number of amides is 1. The number of benzene rings is 2. The lowest BCUT2D eigenvalue weighted by Gasteiger charge is -2.38. The molecule has 1 saturated carbocycles. The summed E-state index contributed by atoms with van der Waals surface area (Å²) in [5.74, 6) is 1.44. The summed E-state index contributed by atoms with van der Waals surface area (Å²) in [6.45, 7) is 3.87. The highest BCUT2D eigenvalue weighted by Gasteiger charge is 2.46. The molecule has 1 aliphatic heterocycles. The van der Waals surface area contributed by atoms with Crippen LogP contribution in [-0.2, 0) is 17.6 Å². The van der Waals surface area contributed by atoms with E-state index in [0.29, 0.717) is 5.92 Å². The molecule has 2 unspecified atom stereocenters. The van der Waals surface area contributed by atoms with Gasteiger partial charge in [-0.25, -0.2) is 0 Å². The van der Waals surface area contributed by atoms with Crippen molar-refractivity contribution in [1.82, 2.24) is 0 Å². The Bertz CT molecular complexity index is 951. The van der Waals surface area contributed by atoms with Crippen molar-refractivity contribution >= 4 is 17.3 Å². The summed E-state index contributed by atoms with van der Waals surface area (Å²) in [6.07, 6.45) is 4.95. The van der Waals surface area contributed by atoms with Crippen LogP contribution in [-0.4, -0.2) is 39.2 Å². The number of nitrogens with two attached hydrogens (primary N) is 1. The molecule has 2 aliphatic carbocycles. The summed E-state index contributed by atoms with van der Waals surface area (Å²) in [6, 6.07) is 15.1. The zero-order valence-corrected chi connectivity index (χ0v) is 17.8. The molecule has 2 aromatic carbocycles. The summed E-state index contributed by atoms with van der Waals surface area (Å²) in [5.41, 5.74) is 10.7.